The van der Waals surface area contributed by atoms with Crippen molar-refractivity contribution in [3.63, 3.8) is 0 Å². The smallest absolute Gasteiger partial charge is 0.0798 e. The van der Waals surface area contributed by atoms with Crippen molar-refractivity contribution in [2.75, 3.05) is 0 Å². The summed E-state index contributed by atoms with van der Waals surface area (Å²) in [7, 11) is 0. The number of hydrogen-bond donors (Lipinski definition) is 2. The molecule has 0 amide bonds. The average molecular weight is 244 g/mol. The topological polar surface area (TPSA) is 54.7 Å². The maximum atomic E-state index is 5.56. The Morgan fingerprint density at radius 1 is 1.46 bits per heavy atom. The van der Waals surface area contributed by atoms with Crippen molar-refractivity contribution in [3.8, 4) is 0 Å². The molecule has 1 aliphatic rings. The van der Waals surface area contributed by atoms with Crippen LogP contribution in [-0.2, 0) is 6.54 Å². The van der Waals surface area contributed by atoms with Crippen LogP contribution in [0.3, 0.4) is 0 Å². The molecule has 0 atom stereocenters. The molecule has 3 N–H and O–H groups in total. The number of halogens is 1. The molecule has 0 aliphatic heterocycles. The molecule has 13 heavy (non-hydrogen) atoms. The van der Waals surface area contributed by atoms with Crippen LogP contribution in [-0.4, -0.2) is 10.2 Å². The van der Waals surface area contributed by atoms with E-state index < -0.39 is 0 Å². The van der Waals surface area contributed by atoms with Crippen LogP contribution < -0.4 is 5.73 Å². The molecular formula is C9H14BrN3. The van der Waals surface area contributed by atoms with Crippen molar-refractivity contribution in [1.82, 2.24) is 10.2 Å². The van der Waals surface area contributed by atoms with Gasteiger partial charge in [-0.25, -0.2) is 0 Å². The van der Waals surface area contributed by atoms with Crippen LogP contribution in [0.15, 0.2) is 4.47 Å². The fourth-order valence-electron chi connectivity index (χ4n) is 1.99. The van der Waals surface area contributed by atoms with E-state index in [1.165, 1.54) is 31.4 Å². The van der Waals surface area contributed by atoms with Gasteiger partial charge in [-0.1, -0.05) is 12.8 Å². The number of rotatable bonds is 2. The number of nitrogens with two attached hydrogens (primary N) is 1. The third-order valence-corrected chi connectivity index (χ3v) is 3.63. The van der Waals surface area contributed by atoms with Gasteiger partial charge in [0, 0.05) is 12.5 Å². The molecule has 0 saturated heterocycles. The highest BCUT2D eigenvalue weighted by Crippen LogP contribution is 2.37. The summed E-state index contributed by atoms with van der Waals surface area (Å²) in [5.74, 6) is 0.644. The zero-order valence-electron chi connectivity index (χ0n) is 7.52. The molecule has 1 aromatic rings. The monoisotopic (exact) mass is 243 g/mol. The van der Waals surface area contributed by atoms with Crippen molar-refractivity contribution in [2.45, 2.75) is 38.1 Å². The van der Waals surface area contributed by atoms with Gasteiger partial charge in [0.15, 0.2) is 0 Å². The highest BCUT2D eigenvalue weighted by atomic mass is 79.9. The SMILES string of the molecule is NCc1[nH]nc(C2CCCC2)c1Br. The lowest BCUT2D eigenvalue weighted by atomic mass is 10.0. The van der Waals surface area contributed by atoms with Gasteiger partial charge in [-0.3, -0.25) is 5.10 Å². The zero-order valence-corrected chi connectivity index (χ0v) is 9.10. The minimum Gasteiger partial charge on any atom is -0.325 e. The third kappa shape index (κ3) is 1.65. The summed E-state index contributed by atoms with van der Waals surface area (Å²) < 4.78 is 1.10. The highest BCUT2D eigenvalue weighted by Gasteiger charge is 2.22. The van der Waals surface area contributed by atoms with Gasteiger partial charge in [0.25, 0.3) is 0 Å². The molecule has 1 fully saturated rings. The summed E-state index contributed by atoms with van der Waals surface area (Å²) in [6, 6.07) is 0. The van der Waals surface area contributed by atoms with Gasteiger partial charge in [-0.15, -0.1) is 0 Å². The lowest BCUT2D eigenvalue weighted by Crippen LogP contribution is -1.97. The van der Waals surface area contributed by atoms with E-state index >= 15 is 0 Å². The highest BCUT2D eigenvalue weighted by molar-refractivity contribution is 9.10. The minimum atomic E-state index is 0.528. The Balaban J connectivity index is 2.24. The molecule has 0 bridgehead atoms. The Bertz CT molecular complexity index is 289. The number of nitrogens with one attached hydrogen (secondary N) is 1. The molecule has 1 aliphatic carbocycles. The van der Waals surface area contributed by atoms with Crippen molar-refractivity contribution < 1.29 is 0 Å². The first-order chi connectivity index (χ1) is 6.33. The predicted molar refractivity (Wildman–Crippen MR) is 55.4 cm³/mol. The average Bonchev–Trinajstić information content (AvgIpc) is 2.72. The van der Waals surface area contributed by atoms with E-state index in [1.54, 1.807) is 0 Å². The summed E-state index contributed by atoms with van der Waals surface area (Å²) in [5, 5.41) is 7.30. The molecule has 1 heterocycles. The molecule has 2 rings (SSSR count). The second-order valence-corrected chi connectivity index (χ2v) is 4.38. The lowest BCUT2D eigenvalue weighted by Gasteiger charge is -2.04. The minimum absolute atomic E-state index is 0.528. The first kappa shape index (κ1) is 9.21. The van der Waals surface area contributed by atoms with Gasteiger partial charge in [-0.05, 0) is 28.8 Å². The molecule has 0 unspecified atom stereocenters. The quantitative estimate of drug-likeness (QED) is 0.838. The Morgan fingerprint density at radius 3 is 2.69 bits per heavy atom. The van der Waals surface area contributed by atoms with Gasteiger partial charge in [-0.2, -0.15) is 5.10 Å². The Labute approximate surface area is 86.2 Å². The van der Waals surface area contributed by atoms with E-state index in [-0.39, 0.29) is 0 Å². The Kier molecular flexibility index (Phi) is 2.69. The van der Waals surface area contributed by atoms with E-state index in [2.05, 4.69) is 26.1 Å². The lowest BCUT2D eigenvalue weighted by molar-refractivity contribution is 0.690. The van der Waals surface area contributed by atoms with Crippen molar-refractivity contribution >= 4 is 15.9 Å². The number of aromatic amines is 1. The van der Waals surface area contributed by atoms with E-state index in [0.717, 1.165) is 10.2 Å². The van der Waals surface area contributed by atoms with Crippen molar-refractivity contribution in [3.05, 3.63) is 15.9 Å². The molecule has 0 spiro atoms. The van der Waals surface area contributed by atoms with Crippen LogP contribution in [0.1, 0.15) is 43.0 Å². The first-order valence-electron chi connectivity index (χ1n) is 4.75. The van der Waals surface area contributed by atoms with E-state index in [1.807, 2.05) is 0 Å². The van der Waals surface area contributed by atoms with Crippen LogP contribution >= 0.6 is 15.9 Å². The molecule has 1 aromatic heterocycles. The van der Waals surface area contributed by atoms with E-state index in [9.17, 15) is 0 Å². The first-order valence-corrected chi connectivity index (χ1v) is 5.55. The van der Waals surface area contributed by atoms with E-state index in [0.29, 0.717) is 12.5 Å². The van der Waals surface area contributed by atoms with Crippen molar-refractivity contribution in [1.29, 1.82) is 0 Å². The normalized spacial score (nSPS) is 18.3. The fourth-order valence-corrected chi connectivity index (χ4v) is 2.65. The maximum Gasteiger partial charge on any atom is 0.0798 e. The van der Waals surface area contributed by atoms with E-state index in [4.69, 9.17) is 5.73 Å². The standard InChI is InChI=1S/C9H14BrN3/c10-8-7(5-11)12-13-9(8)6-3-1-2-4-6/h6H,1-5,11H2,(H,12,13). The molecule has 1 saturated carbocycles. The second kappa shape index (κ2) is 3.80. The Morgan fingerprint density at radius 2 is 2.15 bits per heavy atom. The predicted octanol–water partition coefficient (Wildman–Crippen LogP) is 2.29. The van der Waals surface area contributed by atoms with Crippen LogP contribution in [0, 0.1) is 0 Å². The third-order valence-electron chi connectivity index (χ3n) is 2.75. The fraction of sp³-hybridized carbons (Fsp3) is 0.667. The molecule has 0 radical (unpaired) electrons. The summed E-state index contributed by atoms with van der Waals surface area (Å²) in [6.07, 6.45) is 5.21. The number of aromatic nitrogens is 2. The van der Waals surface area contributed by atoms with Gasteiger partial charge >= 0.3 is 0 Å². The van der Waals surface area contributed by atoms with Gasteiger partial charge < -0.3 is 5.73 Å². The van der Waals surface area contributed by atoms with Gasteiger partial charge in [0.2, 0.25) is 0 Å². The van der Waals surface area contributed by atoms with Gasteiger partial charge in [0.1, 0.15) is 0 Å². The van der Waals surface area contributed by atoms with Crippen LogP contribution in [0.5, 0.6) is 0 Å². The summed E-state index contributed by atoms with van der Waals surface area (Å²) in [4.78, 5) is 0. The molecular weight excluding hydrogens is 230 g/mol. The Hall–Kier alpha value is -0.350. The van der Waals surface area contributed by atoms with Crippen LogP contribution in [0.2, 0.25) is 0 Å². The largest absolute Gasteiger partial charge is 0.325 e. The maximum absolute atomic E-state index is 5.56. The van der Waals surface area contributed by atoms with Crippen molar-refractivity contribution in [2.24, 2.45) is 5.73 Å². The molecule has 3 nitrogen and oxygen atoms in total. The van der Waals surface area contributed by atoms with Gasteiger partial charge in [0.05, 0.1) is 15.9 Å². The molecule has 72 valence electrons. The number of nitrogens with zero attached hydrogens (tertiary/aromatic N) is 1. The molecule has 4 heteroatoms. The zero-order chi connectivity index (χ0) is 9.26. The summed E-state index contributed by atoms with van der Waals surface area (Å²) in [5.41, 5.74) is 7.76. The summed E-state index contributed by atoms with van der Waals surface area (Å²) >= 11 is 3.55. The number of hydrogen-bond acceptors (Lipinski definition) is 2. The second-order valence-electron chi connectivity index (χ2n) is 3.59. The summed E-state index contributed by atoms with van der Waals surface area (Å²) in [6.45, 7) is 0.528. The van der Waals surface area contributed by atoms with Crippen LogP contribution in [0.4, 0.5) is 0 Å². The van der Waals surface area contributed by atoms with Crippen LogP contribution in [0.25, 0.3) is 0 Å². The molecule has 0 aromatic carbocycles. The number of H-pyrrole nitrogens is 1.